The van der Waals surface area contributed by atoms with Crippen LogP contribution >= 0.6 is 15.9 Å². The minimum Gasteiger partial charge on any atom is -0.468 e. The minimum absolute atomic E-state index is 0.313. The van der Waals surface area contributed by atoms with Crippen LogP contribution in [0.3, 0.4) is 0 Å². The van der Waals surface area contributed by atoms with Crippen molar-refractivity contribution in [3.8, 4) is 0 Å². The Kier molecular flexibility index (Phi) is 5.26. The van der Waals surface area contributed by atoms with E-state index in [2.05, 4.69) is 26.2 Å². The molecule has 1 N–H and O–H groups in total. The van der Waals surface area contributed by atoms with Crippen LogP contribution in [0.25, 0.3) is 0 Å². The zero-order valence-corrected chi connectivity index (χ0v) is 12.6. The van der Waals surface area contributed by atoms with Gasteiger partial charge < -0.3 is 4.74 Å². The van der Waals surface area contributed by atoms with Gasteiger partial charge in [0.25, 0.3) is 0 Å². The van der Waals surface area contributed by atoms with E-state index in [0.29, 0.717) is 6.54 Å². The Balaban J connectivity index is 2.14. The summed E-state index contributed by atoms with van der Waals surface area (Å²) in [7, 11) is 1.39. The van der Waals surface area contributed by atoms with Crippen LogP contribution in [0.15, 0.2) is 53.3 Å². The van der Waals surface area contributed by atoms with Crippen molar-refractivity contribution in [2.24, 2.45) is 0 Å². The highest BCUT2D eigenvalue weighted by molar-refractivity contribution is 9.10. The van der Waals surface area contributed by atoms with Gasteiger partial charge in [0.1, 0.15) is 6.04 Å². The first-order valence-electron chi connectivity index (χ1n) is 6.16. The second kappa shape index (κ2) is 7.17. The number of pyridine rings is 1. The van der Waals surface area contributed by atoms with E-state index in [9.17, 15) is 4.79 Å². The van der Waals surface area contributed by atoms with Crippen molar-refractivity contribution in [2.75, 3.05) is 7.11 Å². The van der Waals surface area contributed by atoms with Gasteiger partial charge in [0.15, 0.2) is 0 Å². The lowest BCUT2D eigenvalue weighted by atomic mass is 10.1. The van der Waals surface area contributed by atoms with E-state index in [1.54, 1.807) is 12.4 Å². The highest BCUT2D eigenvalue weighted by Gasteiger charge is 2.20. The van der Waals surface area contributed by atoms with Gasteiger partial charge in [-0.3, -0.25) is 10.3 Å². The maximum absolute atomic E-state index is 11.9. The van der Waals surface area contributed by atoms with Crippen LogP contribution in [0.2, 0.25) is 0 Å². The molecule has 1 heterocycles. The van der Waals surface area contributed by atoms with Gasteiger partial charge in [0.2, 0.25) is 0 Å². The SMILES string of the molecule is COC(=O)C(NCc1cccnc1)c1cccc(Br)c1. The van der Waals surface area contributed by atoms with Crippen molar-refractivity contribution < 1.29 is 9.53 Å². The van der Waals surface area contributed by atoms with Gasteiger partial charge in [-0.2, -0.15) is 0 Å². The van der Waals surface area contributed by atoms with E-state index in [1.165, 1.54) is 7.11 Å². The molecule has 2 aromatic rings. The molecule has 0 bridgehead atoms. The summed E-state index contributed by atoms with van der Waals surface area (Å²) in [6, 6.07) is 10.9. The average Bonchev–Trinajstić information content (AvgIpc) is 2.48. The molecule has 0 aliphatic heterocycles. The Hall–Kier alpha value is -1.72. The molecule has 0 fully saturated rings. The molecule has 1 aromatic heterocycles. The predicted octanol–water partition coefficient (Wildman–Crippen LogP) is 2.85. The molecule has 4 nitrogen and oxygen atoms in total. The summed E-state index contributed by atoms with van der Waals surface area (Å²) in [6.07, 6.45) is 3.48. The van der Waals surface area contributed by atoms with E-state index in [-0.39, 0.29) is 5.97 Å². The van der Waals surface area contributed by atoms with Crippen LogP contribution in [0, 0.1) is 0 Å². The number of aromatic nitrogens is 1. The molecule has 0 amide bonds. The molecule has 5 heteroatoms. The largest absolute Gasteiger partial charge is 0.468 e. The standard InChI is InChI=1S/C15H15BrN2O2/c1-20-15(19)14(12-5-2-6-13(16)8-12)18-10-11-4-3-7-17-9-11/h2-9,14,18H,10H2,1H3. The first kappa shape index (κ1) is 14.7. The maximum atomic E-state index is 11.9. The smallest absolute Gasteiger partial charge is 0.327 e. The summed E-state index contributed by atoms with van der Waals surface area (Å²) >= 11 is 3.41. The number of halogens is 1. The van der Waals surface area contributed by atoms with Gasteiger partial charge in [-0.1, -0.05) is 34.1 Å². The maximum Gasteiger partial charge on any atom is 0.327 e. The third kappa shape index (κ3) is 3.88. The van der Waals surface area contributed by atoms with E-state index in [1.807, 2.05) is 36.4 Å². The lowest BCUT2D eigenvalue weighted by molar-refractivity contribution is -0.143. The number of benzene rings is 1. The van der Waals surface area contributed by atoms with E-state index in [4.69, 9.17) is 4.74 Å². The van der Waals surface area contributed by atoms with Gasteiger partial charge in [-0.05, 0) is 29.3 Å². The fraction of sp³-hybridized carbons (Fsp3) is 0.200. The van der Waals surface area contributed by atoms with Crippen LogP contribution in [0.4, 0.5) is 0 Å². The number of carbonyl (C=O) groups excluding carboxylic acids is 1. The Bertz CT molecular complexity index is 575. The van der Waals surface area contributed by atoms with Crippen LogP contribution < -0.4 is 5.32 Å². The molecular formula is C15H15BrN2O2. The Morgan fingerprint density at radius 2 is 2.25 bits per heavy atom. The summed E-state index contributed by atoms with van der Waals surface area (Å²) in [5.41, 5.74) is 1.87. The molecule has 2 rings (SSSR count). The highest BCUT2D eigenvalue weighted by Crippen LogP contribution is 2.19. The van der Waals surface area contributed by atoms with Crippen LogP contribution in [0.5, 0.6) is 0 Å². The summed E-state index contributed by atoms with van der Waals surface area (Å²) in [5, 5.41) is 3.19. The molecular weight excluding hydrogens is 320 g/mol. The molecule has 1 unspecified atom stereocenters. The van der Waals surface area contributed by atoms with Crippen molar-refractivity contribution in [1.29, 1.82) is 0 Å². The van der Waals surface area contributed by atoms with Gasteiger partial charge in [-0.15, -0.1) is 0 Å². The first-order valence-corrected chi connectivity index (χ1v) is 6.95. The molecule has 0 radical (unpaired) electrons. The molecule has 0 saturated carbocycles. The number of ether oxygens (including phenoxy) is 1. The van der Waals surface area contributed by atoms with E-state index < -0.39 is 6.04 Å². The molecule has 1 atom stereocenters. The molecule has 0 spiro atoms. The quantitative estimate of drug-likeness (QED) is 0.854. The third-order valence-corrected chi connectivity index (χ3v) is 3.35. The predicted molar refractivity (Wildman–Crippen MR) is 80.0 cm³/mol. The second-order valence-electron chi connectivity index (χ2n) is 4.25. The van der Waals surface area contributed by atoms with Crippen molar-refractivity contribution in [3.63, 3.8) is 0 Å². The topological polar surface area (TPSA) is 51.2 Å². The van der Waals surface area contributed by atoms with Crippen molar-refractivity contribution in [2.45, 2.75) is 12.6 Å². The molecule has 0 aliphatic rings. The van der Waals surface area contributed by atoms with Gasteiger partial charge in [0.05, 0.1) is 7.11 Å². The van der Waals surface area contributed by atoms with E-state index in [0.717, 1.165) is 15.6 Å². The van der Waals surface area contributed by atoms with Gasteiger partial charge >= 0.3 is 5.97 Å². The van der Waals surface area contributed by atoms with Gasteiger partial charge in [-0.25, -0.2) is 4.79 Å². The number of methoxy groups -OCH3 is 1. The molecule has 0 saturated heterocycles. The van der Waals surface area contributed by atoms with Crippen molar-refractivity contribution >= 4 is 21.9 Å². The van der Waals surface area contributed by atoms with E-state index >= 15 is 0 Å². The van der Waals surface area contributed by atoms with Crippen molar-refractivity contribution in [1.82, 2.24) is 10.3 Å². The Morgan fingerprint density at radius 1 is 1.40 bits per heavy atom. The highest BCUT2D eigenvalue weighted by atomic mass is 79.9. The lowest BCUT2D eigenvalue weighted by Crippen LogP contribution is -2.29. The summed E-state index contributed by atoms with van der Waals surface area (Å²) < 4.78 is 5.79. The Labute approximate surface area is 126 Å². The monoisotopic (exact) mass is 334 g/mol. The zero-order chi connectivity index (χ0) is 14.4. The number of nitrogens with zero attached hydrogens (tertiary/aromatic N) is 1. The molecule has 1 aromatic carbocycles. The number of hydrogen-bond donors (Lipinski definition) is 1. The number of esters is 1. The fourth-order valence-corrected chi connectivity index (χ4v) is 2.28. The van der Waals surface area contributed by atoms with Crippen LogP contribution in [0.1, 0.15) is 17.2 Å². The Morgan fingerprint density at radius 3 is 2.90 bits per heavy atom. The van der Waals surface area contributed by atoms with Crippen molar-refractivity contribution in [3.05, 3.63) is 64.4 Å². The third-order valence-electron chi connectivity index (χ3n) is 2.85. The second-order valence-corrected chi connectivity index (χ2v) is 5.17. The van der Waals surface area contributed by atoms with Crippen LogP contribution in [-0.4, -0.2) is 18.1 Å². The molecule has 104 valence electrons. The number of carbonyl (C=O) groups is 1. The summed E-state index contributed by atoms with van der Waals surface area (Å²) in [5.74, 6) is -0.313. The average molecular weight is 335 g/mol. The minimum atomic E-state index is -0.502. The zero-order valence-electron chi connectivity index (χ0n) is 11.0. The normalized spacial score (nSPS) is 11.9. The van der Waals surface area contributed by atoms with Crippen LogP contribution in [-0.2, 0) is 16.1 Å². The fourth-order valence-electron chi connectivity index (χ4n) is 1.86. The molecule has 0 aliphatic carbocycles. The number of rotatable bonds is 5. The number of hydrogen-bond acceptors (Lipinski definition) is 4. The lowest BCUT2D eigenvalue weighted by Gasteiger charge is -2.17. The van der Waals surface area contributed by atoms with Gasteiger partial charge in [0, 0.05) is 23.4 Å². The summed E-state index contributed by atoms with van der Waals surface area (Å²) in [4.78, 5) is 16.0. The number of nitrogens with one attached hydrogen (secondary N) is 1. The molecule has 20 heavy (non-hydrogen) atoms. The summed E-state index contributed by atoms with van der Waals surface area (Å²) in [6.45, 7) is 0.542. The first-order chi connectivity index (χ1) is 9.70.